The number of hydrogen-bond acceptors (Lipinski definition) is 4. The number of anilines is 1. The Hall–Kier alpha value is -1.72. The molecule has 1 aliphatic rings. The van der Waals surface area contributed by atoms with Crippen LogP contribution >= 0.6 is 15.9 Å². The summed E-state index contributed by atoms with van der Waals surface area (Å²) in [6.07, 6.45) is 0. The number of nitrogens with one attached hydrogen (secondary N) is 1. The normalized spacial score (nSPS) is 12.5. The van der Waals surface area contributed by atoms with Gasteiger partial charge in [0, 0.05) is 16.7 Å². The fourth-order valence-corrected chi connectivity index (χ4v) is 2.48. The van der Waals surface area contributed by atoms with Crippen molar-refractivity contribution >= 4 is 21.6 Å². The summed E-state index contributed by atoms with van der Waals surface area (Å²) in [5, 5.41) is 12.3. The molecule has 0 bridgehead atoms. The highest BCUT2D eigenvalue weighted by Crippen LogP contribution is 2.37. The van der Waals surface area contributed by atoms with E-state index in [1.807, 2.05) is 36.4 Å². The van der Waals surface area contributed by atoms with E-state index in [0.717, 1.165) is 32.8 Å². The molecule has 0 atom stereocenters. The fourth-order valence-electron chi connectivity index (χ4n) is 2.02. The van der Waals surface area contributed by atoms with E-state index in [1.165, 1.54) is 0 Å². The van der Waals surface area contributed by atoms with Gasteiger partial charge in [-0.15, -0.1) is 0 Å². The molecule has 0 aromatic heterocycles. The van der Waals surface area contributed by atoms with E-state index in [-0.39, 0.29) is 13.4 Å². The number of aliphatic hydroxyl groups excluding tert-OH is 1. The van der Waals surface area contributed by atoms with Gasteiger partial charge < -0.3 is 19.9 Å². The van der Waals surface area contributed by atoms with Gasteiger partial charge in [-0.1, -0.05) is 28.1 Å². The lowest BCUT2D eigenvalue weighted by atomic mass is 10.2. The molecule has 104 valence electrons. The standard InChI is InChI=1S/C15H14BrNO3/c16-13-6-15-14(19-9-20-15)5-11(13)7-17-12-3-1-10(8-18)2-4-12/h1-6,17-18H,7-9H2. The van der Waals surface area contributed by atoms with Gasteiger partial charge in [0.1, 0.15) is 0 Å². The van der Waals surface area contributed by atoms with Crippen molar-refractivity contribution in [3.05, 3.63) is 52.0 Å². The molecule has 2 aromatic rings. The molecule has 1 heterocycles. The molecule has 4 nitrogen and oxygen atoms in total. The summed E-state index contributed by atoms with van der Waals surface area (Å²) in [5.41, 5.74) is 3.01. The summed E-state index contributed by atoms with van der Waals surface area (Å²) in [4.78, 5) is 0. The third kappa shape index (κ3) is 2.73. The Morgan fingerprint density at radius 2 is 1.80 bits per heavy atom. The van der Waals surface area contributed by atoms with Crippen LogP contribution in [0.15, 0.2) is 40.9 Å². The minimum Gasteiger partial charge on any atom is -0.454 e. The summed E-state index contributed by atoms with van der Waals surface area (Å²) in [6.45, 7) is 1.02. The Kier molecular flexibility index (Phi) is 3.80. The third-order valence-corrected chi connectivity index (χ3v) is 3.90. The maximum Gasteiger partial charge on any atom is 0.231 e. The molecule has 0 unspecified atom stereocenters. The highest BCUT2D eigenvalue weighted by molar-refractivity contribution is 9.10. The molecule has 1 aliphatic heterocycles. The molecule has 0 saturated carbocycles. The second-order valence-electron chi connectivity index (χ2n) is 4.51. The highest BCUT2D eigenvalue weighted by atomic mass is 79.9. The minimum atomic E-state index is 0.0635. The van der Waals surface area contributed by atoms with Gasteiger partial charge in [-0.05, 0) is 35.4 Å². The van der Waals surface area contributed by atoms with Crippen molar-refractivity contribution in [1.82, 2.24) is 0 Å². The number of benzene rings is 2. The zero-order valence-corrected chi connectivity index (χ0v) is 12.3. The predicted octanol–water partition coefficient (Wildman–Crippen LogP) is 3.28. The second-order valence-corrected chi connectivity index (χ2v) is 5.36. The fraction of sp³-hybridized carbons (Fsp3) is 0.200. The van der Waals surface area contributed by atoms with Crippen molar-refractivity contribution in [2.45, 2.75) is 13.2 Å². The number of hydrogen-bond donors (Lipinski definition) is 2. The SMILES string of the molecule is OCc1ccc(NCc2cc3c(cc2Br)OCO3)cc1. The van der Waals surface area contributed by atoms with E-state index in [1.54, 1.807) is 0 Å². The first-order chi connectivity index (χ1) is 9.76. The van der Waals surface area contributed by atoms with E-state index in [0.29, 0.717) is 6.54 Å². The number of fused-ring (bicyclic) bond motifs is 1. The second kappa shape index (κ2) is 5.73. The van der Waals surface area contributed by atoms with Crippen LogP contribution in [0.3, 0.4) is 0 Å². The number of rotatable bonds is 4. The topological polar surface area (TPSA) is 50.7 Å². The van der Waals surface area contributed by atoms with Crippen LogP contribution in [0, 0.1) is 0 Å². The van der Waals surface area contributed by atoms with Crippen molar-refractivity contribution in [2.75, 3.05) is 12.1 Å². The number of aliphatic hydroxyl groups is 1. The Balaban J connectivity index is 1.71. The number of halogens is 1. The van der Waals surface area contributed by atoms with E-state index >= 15 is 0 Å². The summed E-state index contributed by atoms with van der Waals surface area (Å²) >= 11 is 3.54. The molecule has 0 radical (unpaired) electrons. The average Bonchev–Trinajstić information content (AvgIpc) is 2.92. The maximum absolute atomic E-state index is 9.01. The summed E-state index contributed by atoms with van der Waals surface area (Å²) in [6, 6.07) is 11.6. The van der Waals surface area contributed by atoms with Gasteiger partial charge in [0.15, 0.2) is 11.5 Å². The quantitative estimate of drug-likeness (QED) is 0.900. The molecular formula is C15H14BrNO3. The van der Waals surface area contributed by atoms with Crippen LogP contribution in [-0.2, 0) is 13.2 Å². The van der Waals surface area contributed by atoms with Gasteiger partial charge in [0.05, 0.1) is 6.61 Å². The van der Waals surface area contributed by atoms with Crippen molar-refractivity contribution in [2.24, 2.45) is 0 Å². The molecule has 0 fully saturated rings. The van der Waals surface area contributed by atoms with Crippen LogP contribution in [-0.4, -0.2) is 11.9 Å². The monoisotopic (exact) mass is 335 g/mol. The first kappa shape index (κ1) is 13.3. The van der Waals surface area contributed by atoms with Crippen LogP contribution in [0.5, 0.6) is 11.5 Å². The first-order valence-electron chi connectivity index (χ1n) is 6.28. The third-order valence-electron chi connectivity index (χ3n) is 3.16. The summed E-state index contributed by atoms with van der Waals surface area (Å²) in [7, 11) is 0. The molecule has 20 heavy (non-hydrogen) atoms. The van der Waals surface area contributed by atoms with Gasteiger partial charge in [0.25, 0.3) is 0 Å². The van der Waals surface area contributed by atoms with Gasteiger partial charge in [-0.2, -0.15) is 0 Å². The Labute approximate surface area is 125 Å². The Morgan fingerprint density at radius 1 is 1.10 bits per heavy atom. The van der Waals surface area contributed by atoms with Crippen LogP contribution in [0.4, 0.5) is 5.69 Å². The lowest BCUT2D eigenvalue weighted by Crippen LogP contribution is -2.00. The molecule has 2 aromatic carbocycles. The lowest BCUT2D eigenvalue weighted by Gasteiger charge is -2.10. The van der Waals surface area contributed by atoms with Crippen LogP contribution in [0.2, 0.25) is 0 Å². The summed E-state index contributed by atoms with van der Waals surface area (Å²) in [5.74, 6) is 1.55. The molecule has 2 N–H and O–H groups in total. The lowest BCUT2D eigenvalue weighted by molar-refractivity contribution is 0.174. The minimum absolute atomic E-state index is 0.0635. The number of ether oxygens (including phenoxy) is 2. The van der Waals surface area contributed by atoms with Crippen molar-refractivity contribution in [1.29, 1.82) is 0 Å². The van der Waals surface area contributed by atoms with Crippen molar-refractivity contribution in [3.8, 4) is 11.5 Å². The molecule has 3 rings (SSSR count). The van der Waals surface area contributed by atoms with Crippen LogP contribution in [0.25, 0.3) is 0 Å². The molecule has 0 aliphatic carbocycles. The Morgan fingerprint density at radius 3 is 2.50 bits per heavy atom. The van der Waals surface area contributed by atoms with E-state index in [2.05, 4.69) is 21.2 Å². The molecule has 0 spiro atoms. The van der Waals surface area contributed by atoms with Crippen molar-refractivity contribution in [3.63, 3.8) is 0 Å². The van der Waals surface area contributed by atoms with Crippen LogP contribution < -0.4 is 14.8 Å². The predicted molar refractivity (Wildman–Crippen MR) is 80.0 cm³/mol. The van der Waals surface area contributed by atoms with Crippen molar-refractivity contribution < 1.29 is 14.6 Å². The Bertz CT molecular complexity index is 613. The zero-order valence-electron chi connectivity index (χ0n) is 10.7. The molecule has 0 saturated heterocycles. The van der Waals surface area contributed by atoms with Gasteiger partial charge >= 0.3 is 0 Å². The first-order valence-corrected chi connectivity index (χ1v) is 7.07. The molecule has 0 amide bonds. The van der Waals surface area contributed by atoms with Gasteiger partial charge in [-0.25, -0.2) is 0 Å². The molecule has 5 heteroatoms. The van der Waals surface area contributed by atoms with Gasteiger partial charge in [0.2, 0.25) is 6.79 Å². The van der Waals surface area contributed by atoms with E-state index in [4.69, 9.17) is 14.6 Å². The smallest absolute Gasteiger partial charge is 0.231 e. The van der Waals surface area contributed by atoms with E-state index < -0.39 is 0 Å². The highest BCUT2D eigenvalue weighted by Gasteiger charge is 2.16. The zero-order chi connectivity index (χ0) is 13.9. The van der Waals surface area contributed by atoms with Crippen LogP contribution in [0.1, 0.15) is 11.1 Å². The molecular weight excluding hydrogens is 322 g/mol. The largest absolute Gasteiger partial charge is 0.454 e. The van der Waals surface area contributed by atoms with Gasteiger partial charge in [-0.3, -0.25) is 0 Å². The van der Waals surface area contributed by atoms with E-state index in [9.17, 15) is 0 Å². The maximum atomic E-state index is 9.01. The average molecular weight is 336 g/mol. The summed E-state index contributed by atoms with van der Waals surface area (Å²) < 4.78 is 11.7.